The minimum Gasteiger partial charge on any atom is -0.495 e. The molecule has 2 aromatic rings. The molecule has 0 fully saturated rings. The van der Waals surface area contributed by atoms with Gasteiger partial charge in [0, 0.05) is 6.42 Å². The summed E-state index contributed by atoms with van der Waals surface area (Å²) in [4.78, 5) is 0. The van der Waals surface area contributed by atoms with Crippen LogP contribution in [-0.2, 0) is 6.42 Å². The largest absolute Gasteiger partial charge is 0.495 e. The van der Waals surface area contributed by atoms with Crippen LogP contribution in [0.4, 0.5) is 4.39 Å². The van der Waals surface area contributed by atoms with E-state index in [0.717, 1.165) is 0 Å². The van der Waals surface area contributed by atoms with Crippen LogP contribution in [0.1, 0.15) is 17.2 Å². The van der Waals surface area contributed by atoms with E-state index < -0.39 is 6.10 Å². The summed E-state index contributed by atoms with van der Waals surface area (Å²) >= 11 is 5.92. The average molecular weight is 281 g/mol. The third-order valence-corrected chi connectivity index (χ3v) is 3.24. The van der Waals surface area contributed by atoms with E-state index in [0.29, 0.717) is 21.9 Å². The number of aliphatic hydroxyl groups excluding tert-OH is 1. The number of methoxy groups -OCH3 is 1. The first kappa shape index (κ1) is 13.8. The van der Waals surface area contributed by atoms with Crippen LogP contribution in [0.5, 0.6) is 5.75 Å². The predicted molar refractivity (Wildman–Crippen MR) is 73.1 cm³/mol. The van der Waals surface area contributed by atoms with Crippen LogP contribution in [0.25, 0.3) is 0 Å². The third-order valence-electron chi connectivity index (χ3n) is 2.93. The first-order chi connectivity index (χ1) is 9.11. The quantitative estimate of drug-likeness (QED) is 0.924. The fourth-order valence-electron chi connectivity index (χ4n) is 1.87. The first-order valence-electron chi connectivity index (χ1n) is 5.86. The van der Waals surface area contributed by atoms with Crippen LogP contribution in [-0.4, -0.2) is 12.2 Å². The Kier molecular flexibility index (Phi) is 4.40. The molecule has 100 valence electrons. The van der Waals surface area contributed by atoms with Crippen molar-refractivity contribution in [3.8, 4) is 5.75 Å². The van der Waals surface area contributed by atoms with Crippen LogP contribution < -0.4 is 4.74 Å². The zero-order valence-corrected chi connectivity index (χ0v) is 11.2. The molecule has 1 N–H and O–H groups in total. The van der Waals surface area contributed by atoms with Gasteiger partial charge in [0.15, 0.2) is 0 Å². The molecule has 0 saturated heterocycles. The highest BCUT2D eigenvalue weighted by molar-refractivity contribution is 6.32. The summed E-state index contributed by atoms with van der Waals surface area (Å²) < 4.78 is 18.6. The van der Waals surface area contributed by atoms with Gasteiger partial charge >= 0.3 is 0 Å². The molecular weight excluding hydrogens is 267 g/mol. The highest BCUT2D eigenvalue weighted by atomic mass is 35.5. The molecule has 0 amide bonds. The summed E-state index contributed by atoms with van der Waals surface area (Å²) in [6, 6.07) is 11.4. The summed E-state index contributed by atoms with van der Waals surface area (Å²) in [5.74, 6) is 0.175. The molecule has 2 aromatic carbocycles. The molecule has 1 atom stereocenters. The lowest BCUT2D eigenvalue weighted by molar-refractivity contribution is 0.176. The Morgan fingerprint density at radius 2 is 2.00 bits per heavy atom. The summed E-state index contributed by atoms with van der Waals surface area (Å²) in [6.07, 6.45) is -0.597. The van der Waals surface area contributed by atoms with Crippen LogP contribution in [0, 0.1) is 5.82 Å². The van der Waals surface area contributed by atoms with Crippen molar-refractivity contribution in [2.24, 2.45) is 0 Å². The normalized spacial score (nSPS) is 12.2. The zero-order valence-electron chi connectivity index (χ0n) is 10.4. The van der Waals surface area contributed by atoms with E-state index in [9.17, 15) is 9.50 Å². The van der Waals surface area contributed by atoms with Gasteiger partial charge in [0.1, 0.15) is 11.6 Å². The monoisotopic (exact) mass is 280 g/mol. The summed E-state index contributed by atoms with van der Waals surface area (Å²) in [6.45, 7) is 0. The van der Waals surface area contributed by atoms with E-state index in [1.165, 1.54) is 13.2 Å². The molecule has 0 spiro atoms. The van der Waals surface area contributed by atoms with Gasteiger partial charge in [-0.1, -0.05) is 35.9 Å². The number of rotatable bonds is 4. The van der Waals surface area contributed by atoms with Crippen molar-refractivity contribution >= 4 is 11.6 Å². The molecule has 19 heavy (non-hydrogen) atoms. The van der Waals surface area contributed by atoms with Gasteiger partial charge in [-0.05, 0) is 29.3 Å². The molecule has 0 aliphatic heterocycles. The number of halogens is 2. The maximum atomic E-state index is 13.5. The van der Waals surface area contributed by atoms with Crippen molar-refractivity contribution in [1.29, 1.82) is 0 Å². The minimum atomic E-state index is -0.803. The lowest BCUT2D eigenvalue weighted by Crippen LogP contribution is -2.04. The maximum absolute atomic E-state index is 13.5. The molecule has 0 aliphatic rings. The van der Waals surface area contributed by atoms with Crippen molar-refractivity contribution in [1.82, 2.24) is 0 Å². The molecule has 0 aromatic heterocycles. The maximum Gasteiger partial charge on any atom is 0.137 e. The Balaban J connectivity index is 2.20. The average Bonchev–Trinajstić information content (AvgIpc) is 2.42. The SMILES string of the molecule is COc1cc(C(O)Cc2ccccc2F)ccc1Cl. The third kappa shape index (κ3) is 3.25. The van der Waals surface area contributed by atoms with E-state index in [1.54, 1.807) is 36.4 Å². The lowest BCUT2D eigenvalue weighted by atomic mass is 10.0. The molecular formula is C15H14ClFO2. The Morgan fingerprint density at radius 1 is 1.26 bits per heavy atom. The second-order valence-electron chi connectivity index (χ2n) is 4.21. The zero-order chi connectivity index (χ0) is 13.8. The molecule has 0 radical (unpaired) electrons. The summed E-state index contributed by atoms with van der Waals surface area (Å²) in [5, 5.41) is 10.6. The Bertz CT molecular complexity index is 572. The van der Waals surface area contributed by atoms with Gasteiger partial charge in [-0.3, -0.25) is 0 Å². The number of aliphatic hydroxyl groups is 1. The highest BCUT2D eigenvalue weighted by Gasteiger charge is 2.13. The number of ether oxygens (including phenoxy) is 1. The Labute approximate surface area is 116 Å². The van der Waals surface area contributed by atoms with E-state index >= 15 is 0 Å². The Morgan fingerprint density at radius 3 is 2.68 bits per heavy atom. The van der Waals surface area contributed by atoms with Crippen LogP contribution in [0.15, 0.2) is 42.5 Å². The van der Waals surface area contributed by atoms with Gasteiger partial charge in [0.05, 0.1) is 18.2 Å². The van der Waals surface area contributed by atoms with Crippen molar-refractivity contribution in [3.63, 3.8) is 0 Å². The number of hydrogen-bond donors (Lipinski definition) is 1. The Hall–Kier alpha value is -1.58. The van der Waals surface area contributed by atoms with Gasteiger partial charge < -0.3 is 9.84 Å². The second-order valence-corrected chi connectivity index (χ2v) is 4.61. The molecule has 1 unspecified atom stereocenters. The molecule has 0 heterocycles. The van der Waals surface area contributed by atoms with Crippen LogP contribution in [0.2, 0.25) is 5.02 Å². The second kappa shape index (κ2) is 6.04. The van der Waals surface area contributed by atoms with Crippen LogP contribution in [0.3, 0.4) is 0 Å². The van der Waals surface area contributed by atoms with E-state index in [1.807, 2.05) is 0 Å². The lowest BCUT2D eigenvalue weighted by Gasteiger charge is -2.13. The molecule has 0 bridgehead atoms. The number of hydrogen-bond acceptors (Lipinski definition) is 2. The van der Waals surface area contributed by atoms with Crippen LogP contribution >= 0.6 is 11.6 Å². The van der Waals surface area contributed by atoms with Crippen molar-refractivity contribution in [3.05, 3.63) is 64.4 Å². The molecule has 0 saturated carbocycles. The summed E-state index contributed by atoms with van der Waals surface area (Å²) in [5.41, 5.74) is 1.12. The highest BCUT2D eigenvalue weighted by Crippen LogP contribution is 2.29. The van der Waals surface area contributed by atoms with Crippen molar-refractivity contribution in [2.75, 3.05) is 7.11 Å². The van der Waals surface area contributed by atoms with Crippen molar-refractivity contribution < 1.29 is 14.2 Å². The molecule has 4 heteroatoms. The van der Waals surface area contributed by atoms with E-state index in [-0.39, 0.29) is 12.2 Å². The van der Waals surface area contributed by atoms with Gasteiger partial charge in [-0.2, -0.15) is 0 Å². The fourth-order valence-corrected chi connectivity index (χ4v) is 2.07. The summed E-state index contributed by atoms with van der Waals surface area (Å²) in [7, 11) is 1.51. The van der Waals surface area contributed by atoms with Gasteiger partial charge in [-0.15, -0.1) is 0 Å². The van der Waals surface area contributed by atoms with Gasteiger partial charge in [0.2, 0.25) is 0 Å². The molecule has 0 aliphatic carbocycles. The standard InChI is InChI=1S/C15H14ClFO2/c1-19-15-9-11(6-7-12(15)16)14(18)8-10-4-2-3-5-13(10)17/h2-7,9,14,18H,8H2,1H3. The topological polar surface area (TPSA) is 29.5 Å². The van der Waals surface area contributed by atoms with Gasteiger partial charge in [0.25, 0.3) is 0 Å². The minimum absolute atomic E-state index is 0.206. The fraction of sp³-hybridized carbons (Fsp3) is 0.200. The smallest absolute Gasteiger partial charge is 0.137 e. The first-order valence-corrected chi connectivity index (χ1v) is 6.24. The van der Waals surface area contributed by atoms with Crippen molar-refractivity contribution in [2.45, 2.75) is 12.5 Å². The number of benzene rings is 2. The van der Waals surface area contributed by atoms with Gasteiger partial charge in [-0.25, -0.2) is 4.39 Å². The van der Waals surface area contributed by atoms with E-state index in [2.05, 4.69) is 0 Å². The van der Waals surface area contributed by atoms with E-state index in [4.69, 9.17) is 16.3 Å². The molecule has 2 nitrogen and oxygen atoms in total. The molecule has 2 rings (SSSR count). The predicted octanol–water partition coefficient (Wildman–Crippen LogP) is 3.76.